The second kappa shape index (κ2) is 8.96. The van der Waals surface area contributed by atoms with Crippen LogP contribution in [-0.2, 0) is 14.3 Å². The molecule has 0 spiro atoms. The van der Waals surface area contributed by atoms with Gasteiger partial charge in [-0.2, -0.15) is 0 Å². The highest BCUT2D eigenvalue weighted by molar-refractivity contribution is 6.01. The summed E-state index contributed by atoms with van der Waals surface area (Å²) >= 11 is 0. The predicted octanol–water partition coefficient (Wildman–Crippen LogP) is 3.11. The van der Waals surface area contributed by atoms with E-state index < -0.39 is 11.6 Å². The van der Waals surface area contributed by atoms with Crippen molar-refractivity contribution in [2.45, 2.75) is 19.4 Å². The number of amides is 1. The molecule has 154 valence electrons. The molecule has 1 fully saturated rings. The van der Waals surface area contributed by atoms with E-state index in [1.807, 2.05) is 24.3 Å². The Bertz CT molecular complexity index is 861. The van der Waals surface area contributed by atoms with Crippen LogP contribution in [0.1, 0.15) is 24.2 Å². The zero-order chi connectivity index (χ0) is 20.9. The molecule has 7 heteroatoms. The van der Waals surface area contributed by atoms with Crippen LogP contribution in [0.2, 0.25) is 0 Å². The van der Waals surface area contributed by atoms with Gasteiger partial charge in [-0.25, -0.2) is 4.79 Å². The predicted molar refractivity (Wildman–Crippen MR) is 111 cm³/mol. The molecule has 29 heavy (non-hydrogen) atoms. The van der Waals surface area contributed by atoms with Gasteiger partial charge in [-0.1, -0.05) is 18.2 Å². The molecule has 0 unspecified atom stereocenters. The van der Waals surface area contributed by atoms with Crippen molar-refractivity contribution in [2.75, 3.05) is 43.6 Å². The van der Waals surface area contributed by atoms with Crippen molar-refractivity contribution in [3.63, 3.8) is 0 Å². The van der Waals surface area contributed by atoms with Crippen LogP contribution in [0.15, 0.2) is 48.5 Å². The van der Waals surface area contributed by atoms with Crippen LogP contribution in [0.3, 0.4) is 0 Å². The van der Waals surface area contributed by atoms with Gasteiger partial charge in [-0.05, 0) is 44.2 Å². The van der Waals surface area contributed by atoms with Gasteiger partial charge in [0.15, 0.2) is 5.60 Å². The molecule has 1 heterocycles. The number of hydrogen-bond donors (Lipinski definition) is 1. The fourth-order valence-corrected chi connectivity index (χ4v) is 3.06. The van der Waals surface area contributed by atoms with Crippen LogP contribution in [0.5, 0.6) is 5.75 Å². The van der Waals surface area contributed by atoms with Gasteiger partial charge in [0, 0.05) is 13.1 Å². The van der Waals surface area contributed by atoms with Crippen molar-refractivity contribution < 1.29 is 23.8 Å². The van der Waals surface area contributed by atoms with Gasteiger partial charge in [0.1, 0.15) is 5.75 Å². The molecule has 0 radical (unpaired) electrons. The van der Waals surface area contributed by atoms with E-state index in [-0.39, 0.29) is 5.91 Å². The number of carbonyl (C=O) groups is 2. The summed E-state index contributed by atoms with van der Waals surface area (Å²) in [6.07, 6.45) is 0. The molecule has 1 N–H and O–H groups in total. The molecule has 1 aliphatic heterocycles. The molecule has 7 nitrogen and oxygen atoms in total. The smallest absolute Gasteiger partial charge is 0.337 e. The number of para-hydroxylation sites is 1. The van der Waals surface area contributed by atoms with Crippen LogP contribution in [0.4, 0.5) is 11.4 Å². The van der Waals surface area contributed by atoms with Gasteiger partial charge in [0.2, 0.25) is 0 Å². The summed E-state index contributed by atoms with van der Waals surface area (Å²) in [7, 11) is 1.33. The zero-order valence-corrected chi connectivity index (χ0v) is 16.9. The van der Waals surface area contributed by atoms with Crippen molar-refractivity contribution in [1.29, 1.82) is 0 Å². The minimum atomic E-state index is -1.12. The highest BCUT2D eigenvalue weighted by Crippen LogP contribution is 2.30. The van der Waals surface area contributed by atoms with Gasteiger partial charge < -0.3 is 24.4 Å². The van der Waals surface area contributed by atoms with Crippen LogP contribution in [0, 0.1) is 0 Å². The van der Waals surface area contributed by atoms with Crippen molar-refractivity contribution in [3.05, 3.63) is 54.1 Å². The molecule has 0 aliphatic carbocycles. The maximum absolute atomic E-state index is 13.0. The molecular weight excluding hydrogens is 372 g/mol. The minimum absolute atomic E-state index is 0.321. The second-order valence-electron chi connectivity index (χ2n) is 7.20. The van der Waals surface area contributed by atoms with Crippen molar-refractivity contribution >= 4 is 23.3 Å². The Morgan fingerprint density at radius 1 is 1.07 bits per heavy atom. The lowest BCUT2D eigenvalue weighted by Gasteiger charge is -2.32. The van der Waals surface area contributed by atoms with E-state index in [0.717, 1.165) is 5.69 Å². The van der Waals surface area contributed by atoms with Crippen molar-refractivity contribution in [1.82, 2.24) is 0 Å². The third kappa shape index (κ3) is 5.06. The lowest BCUT2D eigenvalue weighted by atomic mass is 10.1. The first kappa shape index (κ1) is 20.7. The molecule has 2 aromatic rings. The second-order valence-corrected chi connectivity index (χ2v) is 7.20. The number of anilines is 2. The number of benzene rings is 2. The van der Waals surface area contributed by atoms with E-state index in [0.29, 0.717) is 43.3 Å². The molecule has 0 atom stereocenters. The first-order valence-electron chi connectivity index (χ1n) is 9.51. The topological polar surface area (TPSA) is 77.1 Å². The molecule has 0 saturated carbocycles. The third-order valence-electron chi connectivity index (χ3n) is 4.68. The lowest BCUT2D eigenvalue weighted by molar-refractivity contribution is -0.128. The number of methoxy groups -OCH3 is 1. The Labute approximate surface area is 170 Å². The highest BCUT2D eigenvalue weighted by Gasteiger charge is 2.31. The summed E-state index contributed by atoms with van der Waals surface area (Å²) < 4.78 is 16.1. The van der Waals surface area contributed by atoms with E-state index in [9.17, 15) is 9.59 Å². The summed E-state index contributed by atoms with van der Waals surface area (Å²) in [5, 5.41) is 2.93. The quantitative estimate of drug-likeness (QED) is 0.754. The van der Waals surface area contributed by atoms with E-state index in [2.05, 4.69) is 10.2 Å². The van der Waals surface area contributed by atoms with E-state index in [4.69, 9.17) is 14.2 Å². The number of nitrogens with one attached hydrogen (secondary N) is 1. The van der Waals surface area contributed by atoms with Crippen LogP contribution in [-0.4, -0.2) is 50.9 Å². The number of hydrogen-bond acceptors (Lipinski definition) is 6. The Morgan fingerprint density at radius 3 is 2.41 bits per heavy atom. The number of ether oxygens (including phenoxy) is 3. The summed E-state index contributed by atoms with van der Waals surface area (Å²) in [4.78, 5) is 27.1. The molecule has 0 aromatic heterocycles. The Morgan fingerprint density at radius 2 is 1.76 bits per heavy atom. The van der Waals surface area contributed by atoms with Gasteiger partial charge in [0.05, 0.1) is 37.3 Å². The molecule has 1 aliphatic rings. The zero-order valence-electron chi connectivity index (χ0n) is 16.9. The number of esters is 1. The van der Waals surface area contributed by atoms with Crippen molar-refractivity contribution in [2.24, 2.45) is 0 Å². The first-order valence-corrected chi connectivity index (χ1v) is 9.51. The van der Waals surface area contributed by atoms with Crippen LogP contribution >= 0.6 is 0 Å². The van der Waals surface area contributed by atoms with Gasteiger partial charge >= 0.3 is 5.97 Å². The summed E-state index contributed by atoms with van der Waals surface area (Å²) in [6.45, 7) is 6.01. The SMILES string of the molecule is COC(=O)c1ccc(N2CCOCC2)c(NC(=O)C(C)(C)Oc2ccccc2)c1. The maximum atomic E-state index is 13.0. The van der Waals surface area contributed by atoms with E-state index in [1.165, 1.54) is 7.11 Å². The van der Waals surface area contributed by atoms with Crippen molar-refractivity contribution in [3.8, 4) is 5.75 Å². The number of rotatable bonds is 6. The Balaban J connectivity index is 1.86. The molecule has 2 aromatic carbocycles. The van der Waals surface area contributed by atoms with Gasteiger partial charge in [-0.15, -0.1) is 0 Å². The van der Waals surface area contributed by atoms with E-state index in [1.54, 1.807) is 38.1 Å². The van der Waals surface area contributed by atoms with Gasteiger partial charge in [-0.3, -0.25) is 4.79 Å². The fourth-order valence-electron chi connectivity index (χ4n) is 3.06. The molecule has 1 amide bonds. The summed E-state index contributed by atoms with van der Waals surface area (Å²) in [5.74, 6) is -0.184. The average molecular weight is 398 g/mol. The largest absolute Gasteiger partial charge is 0.478 e. The van der Waals surface area contributed by atoms with Crippen LogP contribution < -0.4 is 15.0 Å². The average Bonchev–Trinajstić information content (AvgIpc) is 2.74. The Hall–Kier alpha value is -3.06. The normalized spacial score (nSPS) is 14.2. The third-order valence-corrected chi connectivity index (χ3v) is 4.68. The number of morpholine rings is 1. The molecule has 1 saturated heterocycles. The monoisotopic (exact) mass is 398 g/mol. The van der Waals surface area contributed by atoms with Crippen LogP contribution in [0.25, 0.3) is 0 Å². The molecule has 3 rings (SSSR count). The lowest BCUT2D eigenvalue weighted by Crippen LogP contribution is -2.43. The minimum Gasteiger partial charge on any atom is -0.478 e. The fraction of sp³-hybridized carbons (Fsp3) is 0.364. The summed E-state index contributed by atoms with van der Waals surface area (Å²) in [6, 6.07) is 14.3. The van der Waals surface area contributed by atoms with E-state index >= 15 is 0 Å². The number of carbonyl (C=O) groups excluding carboxylic acids is 2. The highest BCUT2D eigenvalue weighted by atomic mass is 16.5. The molecular formula is C22H26N2O5. The first-order chi connectivity index (χ1) is 13.9. The standard InChI is InChI=1S/C22H26N2O5/c1-22(2,29-17-7-5-4-6-8-17)21(26)23-18-15-16(20(25)27-3)9-10-19(18)24-11-13-28-14-12-24/h4-10,15H,11-14H2,1-3H3,(H,23,26). The molecule has 0 bridgehead atoms. The Kier molecular flexibility index (Phi) is 6.39. The summed E-state index contributed by atoms with van der Waals surface area (Å²) in [5.41, 5.74) is 0.598. The van der Waals surface area contributed by atoms with Gasteiger partial charge in [0.25, 0.3) is 5.91 Å². The maximum Gasteiger partial charge on any atom is 0.337 e. The number of nitrogens with zero attached hydrogens (tertiary/aromatic N) is 1.